The zero-order valence-electron chi connectivity index (χ0n) is 12.0. The van der Waals surface area contributed by atoms with E-state index in [-0.39, 0.29) is 0 Å². The fourth-order valence-electron chi connectivity index (χ4n) is 2.46. The van der Waals surface area contributed by atoms with Crippen LogP contribution in [0, 0.1) is 0 Å². The lowest BCUT2D eigenvalue weighted by Gasteiger charge is -2.41. The Morgan fingerprint density at radius 2 is 1.22 bits per heavy atom. The van der Waals surface area contributed by atoms with Crippen molar-refractivity contribution in [1.29, 1.82) is 0 Å². The molecule has 2 aliphatic heterocycles. The normalized spacial score (nSPS) is 51.7. The van der Waals surface area contributed by atoms with Gasteiger partial charge in [0.2, 0.25) is 0 Å². The van der Waals surface area contributed by atoms with E-state index in [1.54, 1.807) is 0 Å². The Morgan fingerprint density at radius 3 is 1.83 bits per heavy atom. The molecule has 10 atom stereocenters. The summed E-state index contributed by atoms with van der Waals surface area (Å²) in [7, 11) is 0. The summed E-state index contributed by atoms with van der Waals surface area (Å²) in [6, 6.07) is 0. The minimum Gasteiger partial charge on any atom is -0.394 e. The van der Waals surface area contributed by atoms with Crippen molar-refractivity contribution >= 4 is 0 Å². The lowest BCUT2D eigenvalue weighted by molar-refractivity contribution is -0.325. The number of hydrogen-bond acceptors (Lipinski definition) is 11. The van der Waals surface area contributed by atoms with Crippen LogP contribution in [0.1, 0.15) is 0 Å². The van der Waals surface area contributed by atoms with Gasteiger partial charge in [-0.2, -0.15) is 0 Å². The summed E-state index contributed by atoms with van der Waals surface area (Å²) >= 11 is 0. The Labute approximate surface area is 130 Å². The second kappa shape index (κ2) is 7.63. The molecule has 11 heteroatoms. The van der Waals surface area contributed by atoms with Crippen LogP contribution in [0.15, 0.2) is 0 Å². The minimum absolute atomic E-state index is 0.468. The number of rotatable bonds is 4. The van der Waals surface area contributed by atoms with Crippen molar-refractivity contribution in [3.05, 3.63) is 0 Å². The van der Waals surface area contributed by atoms with Gasteiger partial charge in [0.1, 0.15) is 48.8 Å². The zero-order valence-corrected chi connectivity index (χ0v) is 12.0. The Hall–Kier alpha value is -0.440. The fraction of sp³-hybridized carbons (Fsp3) is 1.00. The van der Waals surface area contributed by atoms with Crippen LogP contribution in [-0.4, -0.2) is 115 Å². The molecular weight excluding hydrogens is 320 g/mol. The summed E-state index contributed by atoms with van der Waals surface area (Å²) in [6.45, 7) is -1.10. The van der Waals surface area contributed by atoms with E-state index in [0.717, 1.165) is 0 Å². The third-order valence-corrected chi connectivity index (χ3v) is 3.96. The Kier molecular flexibility index (Phi) is 6.27. The van der Waals surface area contributed by atoms with Gasteiger partial charge in [-0.25, -0.2) is 0 Å². The Bertz CT molecular complexity index is 380. The van der Waals surface area contributed by atoms with Crippen molar-refractivity contribution < 1.29 is 55.1 Å². The summed E-state index contributed by atoms with van der Waals surface area (Å²) in [5.41, 5.74) is 0. The number of aliphatic hydroxyl groups excluding tert-OH is 8. The second-order valence-corrected chi connectivity index (χ2v) is 5.57. The Morgan fingerprint density at radius 1 is 0.652 bits per heavy atom. The predicted octanol–water partition coefficient (Wildman–Crippen LogP) is -5.40. The predicted molar refractivity (Wildman–Crippen MR) is 68.6 cm³/mol. The van der Waals surface area contributed by atoms with E-state index in [4.69, 9.17) is 19.3 Å². The van der Waals surface area contributed by atoms with Crippen molar-refractivity contribution in [2.24, 2.45) is 0 Å². The average Bonchev–Trinajstić information content (AvgIpc) is 2.54. The molecule has 0 bridgehead atoms. The van der Waals surface area contributed by atoms with Crippen LogP contribution in [0.4, 0.5) is 0 Å². The van der Waals surface area contributed by atoms with Gasteiger partial charge in [0.05, 0.1) is 13.2 Å². The maximum atomic E-state index is 9.78. The molecule has 2 heterocycles. The first kappa shape index (κ1) is 18.9. The topological polar surface area (TPSA) is 190 Å². The molecule has 0 amide bonds. The largest absolute Gasteiger partial charge is 0.394 e. The summed E-state index contributed by atoms with van der Waals surface area (Å²) in [6.07, 6.45) is -15.3. The molecule has 8 N–H and O–H groups in total. The lowest BCUT2D eigenvalue weighted by atomic mass is 9.98. The Balaban J connectivity index is 1.94. The third-order valence-electron chi connectivity index (χ3n) is 3.96. The van der Waals surface area contributed by atoms with Gasteiger partial charge in [-0.05, 0) is 0 Å². The van der Waals surface area contributed by atoms with E-state index in [0.29, 0.717) is 0 Å². The van der Waals surface area contributed by atoms with Crippen LogP contribution in [-0.2, 0) is 14.2 Å². The van der Waals surface area contributed by atoms with E-state index in [1.165, 1.54) is 0 Å². The van der Waals surface area contributed by atoms with Gasteiger partial charge < -0.3 is 55.1 Å². The SMILES string of the molecule is OCC1O[C@@H](OCC2O[C@@H](O)C(O)[C@@H](O)[C@H]2O)C(O)[C@@H](O)[C@H]1O. The first-order chi connectivity index (χ1) is 10.8. The van der Waals surface area contributed by atoms with Crippen molar-refractivity contribution in [2.45, 2.75) is 61.4 Å². The maximum Gasteiger partial charge on any atom is 0.186 e. The lowest BCUT2D eigenvalue weighted by Crippen LogP contribution is -2.61. The zero-order chi connectivity index (χ0) is 17.3. The van der Waals surface area contributed by atoms with Gasteiger partial charge in [-0.3, -0.25) is 0 Å². The van der Waals surface area contributed by atoms with E-state index < -0.39 is 74.6 Å². The van der Waals surface area contributed by atoms with Crippen molar-refractivity contribution in [1.82, 2.24) is 0 Å². The smallest absolute Gasteiger partial charge is 0.186 e. The molecule has 2 aliphatic rings. The average molecular weight is 342 g/mol. The summed E-state index contributed by atoms with van der Waals surface area (Å²) in [5.74, 6) is 0. The van der Waals surface area contributed by atoms with Crippen LogP contribution in [0.3, 0.4) is 0 Å². The molecule has 0 radical (unpaired) electrons. The maximum absolute atomic E-state index is 9.78. The molecule has 4 unspecified atom stereocenters. The van der Waals surface area contributed by atoms with Gasteiger partial charge >= 0.3 is 0 Å². The van der Waals surface area contributed by atoms with E-state index in [1.807, 2.05) is 0 Å². The quantitative estimate of drug-likeness (QED) is 0.243. The molecule has 0 aromatic rings. The monoisotopic (exact) mass is 342 g/mol. The van der Waals surface area contributed by atoms with Gasteiger partial charge in [-0.15, -0.1) is 0 Å². The first-order valence-corrected chi connectivity index (χ1v) is 7.07. The molecule has 0 aromatic heterocycles. The van der Waals surface area contributed by atoms with Crippen molar-refractivity contribution in [3.63, 3.8) is 0 Å². The van der Waals surface area contributed by atoms with Crippen molar-refractivity contribution in [2.75, 3.05) is 13.2 Å². The molecule has 136 valence electrons. The highest BCUT2D eigenvalue weighted by Crippen LogP contribution is 2.24. The molecule has 23 heavy (non-hydrogen) atoms. The molecule has 2 rings (SSSR count). The molecule has 2 fully saturated rings. The van der Waals surface area contributed by atoms with Crippen molar-refractivity contribution in [3.8, 4) is 0 Å². The van der Waals surface area contributed by atoms with E-state index in [2.05, 4.69) is 0 Å². The molecule has 0 spiro atoms. The van der Waals surface area contributed by atoms with Gasteiger partial charge in [0.15, 0.2) is 12.6 Å². The molecule has 0 aromatic carbocycles. The molecule has 0 saturated carbocycles. The highest BCUT2D eigenvalue weighted by molar-refractivity contribution is 4.91. The minimum atomic E-state index is -1.74. The van der Waals surface area contributed by atoms with Crippen LogP contribution in [0.25, 0.3) is 0 Å². The number of ether oxygens (including phenoxy) is 3. The van der Waals surface area contributed by atoms with Gasteiger partial charge in [0.25, 0.3) is 0 Å². The molecule has 11 nitrogen and oxygen atoms in total. The van der Waals surface area contributed by atoms with Crippen LogP contribution in [0.2, 0.25) is 0 Å². The summed E-state index contributed by atoms with van der Waals surface area (Å²) in [4.78, 5) is 0. The number of hydrogen-bond donors (Lipinski definition) is 8. The van der Waals surface area contributed by atoms with Gasteiger partial charge in [-0.1, -0.05) is 0 Å². The highest BCUT2D eigenvalue weighted by Gasteiger charge is 2.46. The summed E-state index contributed by atoms with van der Waals surface area (Å²) < 4.78 is 15.1. The molecule has 0 aliphatic carbocycles. The standard InChI is InChI=1S/C12H22O11/c13-1-3-5(14)8(17)10(19)12(23-3)21-2-4-6(15)7(16)9(18)11(20)22-4/h3-20H,1-2H2/t3?,4?,5-,6-,7-,8-,9?,10?,11+,12+/m0/s1. The highest BCUT2D eigenvalue weighted by atomic mass is 16.7. The van der Waals surface area contributed by atoms with Crippen LogP contribution < -0.4 is 0 Å². The second-order valence-electron chi connectivity index (χ2n) is 5.57. The fourth-order valence-corrected chi connectivity index (χ4v) is 2.46. The molecule has 2 saturated heterocycles. The van der Waals surface area contributed by atoms with Crippen LogP contribution >= 0.6 is 0 Å². The molecular formula is C12H22O11. The number of aliphatic hydroxyl groups is 8. The van der Waals surface area contributed by atoms with E-state index in [9.17, 15) is 35.7 Å². The summed E-state index contributed by atoms with van der Waals surface area (Å²) in [5, 5.41) is 76.1. The van der Waals surface area contributed by atoms with Gasteiger partial charge in [0, 0.05) is 0 Å². The van der Waals surface area contributed by atoms with E-state index >= 15 is 0 Å². The first-order valence-electron chi connectivity index (χ1n) is 7.07. The third kappa shape index (κ3) is 3.81. The van der Waals surface area contributed by atoms with Crippen LogP contribution in [0.5, 0.6) is 0 Å².